The van der Waals surface area contributed by atoms with Gasteiger partial charge >= 0.3 is 17.1 Å². The Morgan fingerprint density at radius 3 is 1.76 bits per heavy atom. The van der Waals surface area contributed by atoms with E-state index < -0.39 is 27.9 Å². The summed E-state index contributed by atoms with van der Waals surface area (Å²) in [6.07, 6.45) is 0. The molecule has 0 aromatic rings. The molecule has 1 fully saturated rings. The van der Waals surface area contributed by atoms with Crippen LogP contribution in [0.1, 0.15) is 6.92 Å². The van der Waals surface area contributed by atoms with Crippen LogP contribution in [0.15, 0.2) is 0 Å². The predicted octanol–water partition coefficient (Wildman–Crippen LogP) is 2.87. The summed E-state index contributed by atoms with van der Waals surface area (Å²) in [5, 5.41) is -5.43. The number of piperazine rings is 1. The van der Waals surface area contributed by atoms with Gasteiger partial charge in [-0.15, -0.1) is 0 Å². The normalized spacial score (nSPS) is 24.7. The molecule has 0 aromatic heterocycles. The molecule has 4 nitrogen and oxygen atoms in total. The molecule has 0 saturated carbocycles. The maximum atomic E-state index is 14.0. The Balaban J connectivity index is 3.17. The van der Waals surface area contributed by atoms with E-state index in [2.05, 4.69) is 4.18 Å². The molecule has 1 unspecified atom stereocenters. The molecule has 0 amide bonds. The Morgan fingerprint density at radius 1 is 1.00 bits per heavy atom. The molecular weight excluding hydrogens is 326 g/mol. The Kier molecular flexibility index (Phi) is 5.16. The summed E-state index contributed by atoms with van der Waals surface area (Å²) < 4.78 is 95.5. The lowest BCUT2D eigenvalue weighted by atomic mass is 10.2. The number of hydrogen-bond donors (Lipinski definition) is 1. The van der Waals surface area contributed by atoms with Crippen molar-refractivity contribution in [2.75, 3.05) is 40.3 Å². The van der Waals surface area contributed by atoms with Gasteiger partial charge in [-0.05, 0) is 7.05 Å². The second-order valence-electron chi connectivity index (χ2n) is 4.88. The highest BCUT2D eigenvalue weighted by molar-refractivity contribution is 8.24. The van der Waals surface area contributed by atoms with Crippen LogP contribution < -0.4 is 0 Å². The SMILES string of the molecule is COS(O)(N1CCN(C)CC1)C(F)(F)C(F)(F)C(C)(F)F. The number of likely N-dealkylation sites (N-methyl/N-ethyl adjacent to an activating group) is 1. The van der Waals surface area contributed by atoms with Gasteiger partial charge in [0.1, 0.15) is 0 Å². The Morgan fingerprint density at radius 2 is 1.43 bits per heavy atom. The molecule has 1 atom stereocenters. The molecule has 1 saturated heterocycles. The first-order chi connectivity index (χ1) is 9.31. The third-order valence-corrected chi connectivity index (χ3v) is 5.75. The van der Waals surface area contributed by atoms with Gasteiger partial charge in [0, 0.05) is 33.1 Å². The molecule has 1 aliphatic rings. The van der Waals surface area contributed by atoms with Crippen molar-refractivity contribution in [3.63, 3.8) is 0 Å². The van der Waals surface area contributed by atoms with E-state index in [-0.39, 0.29) is 33.1 Å². The summed E-state index contributed by atoms with van der Waals surface area (Å²) in [5.41, 5.74) is 0. The van der Waals surface area contributed by atoms with Crippen molar-refractivity contribution in [3.8, 4) is 0 Å². The van der Waals surface area contributed by atoms with Crippen molar-refractivity contribution < 1.29 is 35.1 Å². The Bertz CT molecular complexity index is 373. The molecule has 0 bridgehead atoms. The van der Waals surface area contributed by atoms with Gasteiger partial charge in [0.15, 0.2) is 0 Å². The molecule has 0 radical (unpaired) electrons. The van der Waals surface area contributed by atoms with Crippen molar-refractivity contribution in [2.24, 2.45) is 0 Å². The maximum absolute atomic E-state index is 14.0. The fourth-order valence-electron chi connectivity index (χ4n) is 1.83. The molecule has 1 rings (SSSR count). The molecule has 0 spiro atoms. The smallest absolute Gasteiger partial charge is 0.304 e. The highest BCUT2D eigenvalue weighted by Crippen LogP contribution is 2.68. The zero-order chi connectivity index (χ0) is 16.7. The number of nitrogens with zero attached hydrogens (tertiary/aromatic N) is 2. The second kappa shape index (κ2) is 5.76. The van der Waals surface area contributed by atoms with Crippen molar-refractivity contribution in [2.45, 2.75) is 24.0 Å². The average molecular weight is 344 g/mol. The lowest BCUT2D eigenvalue weighted by Gasteiger charge is -2.53. The predicted molar refractivity (Wildman–Crippen MR) is 66.8 cm³/mol. The van der Waals surface area contributed by atoms with Gasteiger partial charge < -0.3 is 4.90 Å². The summed E-state index contributed by atoms with van der Waals surface area (Å²) in [5.74, 6) is -10.8. The fraction of sp³-hybridized carbons (Fsp3) is 1.00. The van der Waals surface area contributed by atoms with Crippen LogP contribution in [0.5, 0.6) is 0 Å². The molecule has 1 aliphatic heterocycles. The molecule has 0 aliphatic carbocycles. The second-order valence-corrected chi connectivity index (χ2v) is 7.23. The van der Waals surface area contributed by atoms with Gasteiger partial charge in [0.25, 0.3) is 0 Å². The van der Waals surface area contributed by atoms with Crippen molar-refractivity contribution in [3.05, 3.63) is 0 Å². The summed E-state index contributed by atoms with van der Waals surface area (Å²) in [7, 11) is -2.60. The lowest BCUT2D eigenvalue weighted by Crippen LogP contribution is -2.59. The molecule has 128 valence electrons. The van der Waals surface area contributed by atoms with E-state index in [1.165, 1.54) is 0 Å². The molecule has 21 heavy (non-hydrogen) atoms. The van der Waals surface area contributed by atoms with Gasteiger partial charge in [0.2, 0.25) is 0 Å². The van der Waals surface area contributed by atoms with E-state index in [0.717, 1.165) is 0 Å². The highest BCUT2D eigenvalue weighted by atomic mass is 32.3. The first-order valence-corrected chi connectivity index (χ1v) is 7.46. The molecule has 0 aromatic carbocycles. The minimum Gasteiger partial charge on any atom is -0.304 e. The van der Waals surface area contributed by atoms with Crippen LogP contribution in [0.3, 0.4) is 0 Å². The van der Waals surface area contributed by atoms with E-state index in [1.54, 1.807) is 11.9 Å². The van der Waals surface area contributed by atoms with E-state index in [0.29, 0.717) is 11.4 Å². The molecule has 11 heteroatoms. The average Bonchev–Trinajstić information content (AvgIpc) is 2.36. The van der Waals surface area contributed by atoms with E-state index >= 15 is 0 Å². The maximum Gasteiger partial charge on any atom is 0.419 e. The van der Waals surface area contributed by atoms with Crippen LogP contribution in [0.4, 0.5) is 26.3 Å². The molecule has 1 N–H and O–H groups in total. The fourth-order valence-corrected chi connectivity index (χ4v) is 3.75. The van der Waals surface area contributed by atoms with Gasteiger partial charge in [0.05, 0.1) is 7.11 Å². The monoisotopic (exact) mass is 344 g/mol. The van der Waals surface area contributed by atoms with E-state index in [1.807, 2.05) is 0 Å². The van der Waals surface area contributed by atoms with Crippen LogP contribution in [0.25, 0.3) is 0 Å². The van der Waals surface area contributed by atoms with E-state index in [9.17, 15) is 30.9 Å². The van der Waals surface area contributed by atoms with Crippen molar-refractivity contribution in [1.29, 1.82) is 0 Å². The summed E-state index contributed by atoms with van der Waals surface area (Å²) in [4.78, 5) is 1.72. The quantitative estimate of drug-likeness (QED) is 0.778. The highest BCUT2D eigenvalue weighted by Gasteiger charge is 2.76. The molecule has 1 heterocycles. The third-order valence-electron chi connectivity index (χ3n) is 3.30. The van der Waals surface area contributed by atoms with Crippen LogP contribution in [0, 0.1) is 0 Å². The van der Waals surface area contributed by atoms with Crippen LogP contribution in [-0.2, 0) is 4.18 Å². The zero-order valence-electron chi connectivity index (χ0n) is 11.8. The van der Waals surface area contributed by atoms with Gasteiger partial charge in [-0.3, -0.25) is 8.74 Å². The minimum atomic E-state index is -5.75. The first-order valence-electron chi connectivity index (χ1n) is 5.99. The van der Waals surface area contributed by atoms with Crippen LogP contribution >= 0.6 is 10.8 Å². The Labute approximate surface area is 120 Å². The van der Waals surface area contributed by atoms with Crippen LogP contribution in [0.2, 0.25) is 0 Å². The molecular formula is C10H18F6N2O2S. The zero-order valence-corrected chi connectivity index (χ0v) is 12.6. The summed E-state index contributed by atoms with van der Waals surface area (Å²) in [6.45, 7) is -0.291. The lowest BCUT2D eigenvalue weighted by molar-refractivity contribution is -0.275. The summed E-state index contributed by atoms with van der Waals surface area (Å²) in [6, 6.07) is 0. The first kappa shape index (κ1) is 18.8. The van der Waals surface area contributed by atoms with Gasteiger partial charge in [-0.1, -0.05) is 10.8 Å². The largest absolute Gasteiger partial charge is 0.419 e. The van der Waals surface area contributed by atoms with Crippen molar-refractivity contribution in [1.82, 2.24) is 9.21 Å². The van der Waals surface area contributed by atoms with E-state index in [4.69, 9.17) is 0 Å². The number of rotatable bonds is 5. The number of halogens is 6. The summed E-state index contributed by atoms with van der Waals surface area (Å²) >= 11 is 0. The minimum absolute atomic E-state index is 0.197. The van der Waals surface area contributed by atoms with Gasteiger partial charge in [-0.25, -0.2) is 0 Å². The third kappa shape index (κ3) is 2.98. The number of hydrogen-bond acceptors (Lipinski definition) is 4. The van der Waals surface area contributed by atoms with Crippen molar-refractivity contribution >= 4 is 10.8 Å². The van der Waals surface area contributed by atoms with Gasteiger partial charge in [-0.2, -0.15) is 30.6 Å². The Hall–Kier alpha value is -0.230. The standard InChI is InChI=1S/C10H18F6N2O2S/c1-8(11,12)9(13,14)10(15,16)21(19,20-3)18-6-4-17(2)5-7-18/h19H,4-7H2,1-3H3. The van der Waals surface area contributed by atoms with Crippen LogP contribution in [-0.4, -0.2) is 71.2 Å². The number of alkyl halides is 6. The topological polar surface area (TPSA) is 35.9 Å².